The topological polar surface area (TPSA) is 63.1 Å². The maximum atomic E-state index is 12.3. The summed E-state index contributed by atoms with van der Waals surface area (Å²) < 4.78 is 3.41. The maximum absolute atomic E-state index is 12.3. The highest BCUT2D eigenvalue weighted by atomic mass is 127. The number of thioether (sulfide) groups is 1. The molecular formula is C19H24IN5OS. The molecule has 1 saturated heterocycles. The summed E-state index contributed by atoms with van der Waals surface area (Å²) in [5.41, 5.74) is 0.827. The van der Waals surface area contributed by atoms with E-state index < -0.39 is 0 Å². The maximum Gasteiger partial charge on any atom is 0.234 e. The average molecular weight is 497 g/mol. The summed E-state index contributed by atoms with van der Waals surface area (Å²) in [6.07, 6.45) is 4.77. The van der Waals surface area contributed by atoms with Gasteiger partial charge in [0.15, 0.2) is 5.16 Å². The molecule has 0 radical (unpaired) electrons. The monoisotopic (exact) mass is 497 g/mol. The fourth-order valence-electron chi connectivity index (χ4n) is 3.30. The van der Waals surface area contributed by atoms with Crippen molar-refractivity contribution in [2.45, 2.75) is 43.8 Å². The van der Waals surface area contributed by atoms with Gasteiger partial charge < -0.3 is 10.2 Å². The van der Waals surface area contributed by atoms with E-state index in [2.05, 4.69) is 54.5 Å². The predicted molar refractivity (Wildman–Crippen MR) is 117 cm³/mol. The van der Waals surface area contributed by atoms with E-state index in [0.717, 1.165) is 39.4 Å². The van der Waals surface area contributed by atoms with Gasteiger partial charge in [-0.15, -0.1) is 10.2 Å². The molecule has 0 spiro atoms. The lowest BCUT2D eigenvalue weighted by Gasteiger charge is -2.31. The minimum atomic E-state index is -0.0140. The molecule has 1 aromatic carbocycles. The van der Waals surface area contributed by atoms with Crippen LogP contribution in [0.5, 0.6) is 0 Å². The van der Waals surface area contributed by atoms with Crippen LogP contribution in [0.3, 0.4) is 0 Å². The van der Waals surface area contributed by atoms with Crippen molar-refractivity contribution < 1.29 is 4.79 Å². The summed E-state index contributed by atoms with van der Waals surface area (Å²) in [4.78, 5) is 14.7. The Kier molecular flexibility index (Phi) is 5.91. The fraction of sp³-hybridized carbons (Fsp3) is 0.526. The highest BCUT2D eigenvalue weighted by Gasteiger charge is 2.32. The van der Waals surface area contributed by atoms with Gasteiger partial charge in [-0.05, 0) is 78.5 Å². The molecule has 2 aromatic rings. The first-order valence-corrected chi connectivity index (χ1v) is 11.5. The van der Waals surface area contributed by atoms with E-state index in [1.54, 1.807) is 0 Å². The van der Waals surface area contributed by atoms with Crippen LogP contribution in [-0.4, -0.2) is 39.5 Å². The number of hydrogen-bond acceptors (Lipinski definition) is 5. The molecule has 8 heteroatoms. The number of aromatic nitrogens is 3. The van der Waals surface area contributed by atoms with Crippen LogP contribution in [0.1, 0.15) is 38.6 Å². The molecule has 1 aliphatic heterocycles. The van der Waals surface area contributed by atoms with Crippen LogP contribution in [0.25, 0.3) is 0 Å². The Morgan fingerprint density at radius 3 is 2.56 bits per heavy atom. The van der Waals surface area contributed by atoms with Crippen molar-refractivity contribution in [1.29, 1.82) is 0 Å². The van der Waals surface area contributed by atoms with Gasteiger partial charge in [0.1, 0.15) is 0 Å². The van der Waals surface area contributed by atoms with E-state index in [-0.39, 0.29) is 5.91 Å². The standard InChI is InChI=1S/C19H24IN5OS/c1-13-8-10-24(11-9-13)18-22-23-19(25(18)16-6-7-16)27-12-17(26)21-15-4-2-14(20)3-5-15/h2-5,13,16H,6-12H2,1H3,(H,21,26). The number of nitrogens with zero attached hydrogens (tertiary/aromatic N) is 4. The number of benzene rings is 1. The summed E-state index contributed by atoms with van der Waals surface area (Å²) >= 11 is 3.73. The van der Waals surface area contributed by atoms with Gasteiger partial charge in [0, 0.05) is 28.4 Å². The lowest BCUT2D eigenvalue weighted by Crippen LogP contribution is -2.34. The van der Waals surface area contributed by atoms with E-state index in [0.29, 0.717) is 11.8 Å². The second-order valence-corrected chi connectivity index (χ2v) is 9.59. The van der Waals surface area contributed by atoms with Crippen LogP contribution in [0.2, 0.25) is 0 Å². The molecule has 2 heterocycles. The Labute approximate surface area is 177 Å². The highest BCUT2D eigenvalue weighted by molar-refractivity contribution is 14.1. The lowest BCUT2D eigenvalue weighted by atomic mass is 10.00. The molecule has 1 N–H and O–H groups in total. The summed E-state index contributed by atoms with van der Waals surface area (Å²) in [5.74, 6) is 2.11. The number of hydrogen-bond donors (Lipinski definition) is 1. The Balaban J connectivity index is 1.40. The molecule has 144 valence electrons. The molecular weight excluding hydrogens is 473 g/mol. The van der Waals surface area contributed by atoms with Crippen molar-refractivity contribution >= 4 is 51.9 Å². The van der Waals surface area contributed by atoms with Crippen LogP contribution < -0.4 is 10.2 Å². The van der Waals surface area contributed by atoms with Crippen molar-refractivity contribution in [2.24, 2.45) is 5.92 Å². The van der Waals surface area contributed by atoms with Crippen molar-refractivity contribution in [1.82, 2.24) is 14.8 Å². The van der Waals surface area contributed by atoms with Crippen LogP contribution in [0.4, 0.5) is 11.6 Å². The second-order valence-electron chi connectivity index (χ2n) is 7.40. The molecule has 1 amide bonds. The van der Waals surface area contributed by atoms with E-state index >= 15 is 0 Å². The van der Waals surface area contributed by atoms with E-state index in [9.17, 15) is 4.79 Å². The lowest BCUT2D eigenvalue weighted by molar-refractivity contribution is -0.113. The molecule has 6 nitrogen and oxygen atoms in total. The van der Waals surface area contributed by atoms with Crippen LogP contribution >= 0.6 is 34.4 Å². The first kappa shape index (κ1) is 19.0. The van der Waals surface area contributed by atoms with Crippen molar-refractivity contribution in [3.05, 3.63) is 27.8 Å². The number of nitrogens with one attached hydrogen (secondary N) is 1. The third-order valence-corrected chi connectivity index (χ3v) is 6.75. The molecule has 0 atom stereocenters. The predicted octanol–water partition coefficient (Wildman–Crippen LogP) is 4.18. The zero-order valence-corrected chi connectivity index (χ0v) is 18.4. The quantitative estimate of drug-likeness (QED) is 0.479. The summed E-state index contributed by atoms with van der Waals surface area (Å²) in [5, 5.41) is 12.7. The van der Waals surface area contributed by atoms with Gasteiger partial charge in [0.2, 0.25) is 11.9 Å². The molecule has 1 saturated carbocycles. The van der Waals surface area contributed by atoms with Crippen LogP contribution in [0, 0.1) is 9.49 Å². The normalized spacial score (nSPS) is 17.9. The van der Waals surface area contributed by atoms with Crippen molar-refractivity contribution in [3.8, 4) is 0 Å². The van der Waals surface area contributed by atoms with Gasteiger partial charge in [0.25, 0.3) is 0 Å². The minimum Gasteiger partial charge on any atom is -0.341 e. The smallest absolute Gasteiger partial charge is 0.234 e. The molecule has 1 aliphatic carbocycles. The molecule has 0 unspecified atom stereocenters. The molecule has 27 heavy (non-hydrogen) atoms. The Bertz CT molecular complexity index is 797. The number of piperidine rings is 1. The zero-order chi connectivity index (χ0) is 18.8. The van der Waals surface area contributed by atoms with Gasteiger partial charge in [0.05, 0.1) is 5.75 Å². The van der Waals surface area contributed by atoms with Gasteiger partial charge in [-0.3, -0.25) is 9.36 Å². The number of anilines is 2. The summed E-state index contributed by atoms with van der Waals surface area (Å²) in [6.45, 7) is 4.41. The number of rotatable bonds is 6. The molecule has 2 aliphatic rings. The fourth-order valence-corrected chi connectivity index (χ4v) is 4.46. The highest BCUT2D eigenvalue weighted by Crippen LogP contribution is 2.41. The number of carbonyl (C=O) groups excluding carboxylic acids is 1. The van der Waals surface area contributed by atoms with E-state index in [1.165, 1.54) is 37.4 Å². The van der Waals surface area contributed by atoms with Gasteiger partial charge in [-0.1, -0.05) is 18.7 Å². The van der Waals surface area contributed by atoms with Crippen molar-refractivity contribution in [2.75, 3.05) is 29.1 Å². The zero-order valence-electron chi connectivity index (χ0n) is 15.4. The first-order valence-electron chi connectivity index (χ1n) is 9.48. The largest absolute Gasteiger partial charge is 0.341 e. The third-order valence-electron chi connectivity index (χ3n) is 5.09. The Morgan fingerprint density at radius 2 is 1.89 bits per heavy atom. The SMILES string of the molecule is CC1CCN(c2nnc(SCC(=O)Nc3ccc(I)cc3)n2C2CC2)CC1. The molecule has 4 rings (SSSR count). The molecule has 1 aromatic heterocycles. The number of carbonyl (C=O) groups is 1. The minimum absolute atomic E-state index is 0.0140. The van der Waals surface area contributed by atoms with E-state index in [4.69, 9.17) is 0 Å². The second kappa shape index (κ2) is 8.38. The first-order chi connectivity index (χ1) is 13.1. The summed E-state index contributed by atoms with van der Waals surface area (Å²) in [7, 11) is 0. The molecule has 2 fully saturated rings. The van der Waals surface area contributed by atoms with Crippen LogP contribution in [0.15, 0.2) is 29.4 Å². The van der Waals surface area contributed by atoms with Crippen molar-refractivity contribution in [3.63, 3.8) is 0 Å². The number of halogens is 1. The Morgan fingerprint density at radius 1 is 1.19 bits per heavy atom. The van der Waals surface area contributed by atoms with Gasteiger partial charge in [-0.25, -0.2) is 0 Å². The Hall–Kier alpha value is -1.29. The van der Waals surface area contributed by atoms with Crippen LogP contribution in [-0.2, 0) is 4.79 Å². The average Bonchev–Trinajstić information content (AvgIpc) is 3.42. The van der Waals surface area contributed by atoms with Gasteiger partial charge in [-0.2, -0.15) is 0 Å². The third kappa shape index (κ3) is 4.77. The van der Waals surface area contributed by atoms with E-state index in [1.807, 2.05) is 24.3 Å². The van der Waals surface area contributed by atoms with Gasteiger partial charge >= 0.3 is 0 Å². The summed E-state index contributed by atoms with van der Waals surface area (Å²) in [6, 6.07) is 8.31. The molecule has 0 bridgehead atoms. The number of amides is 1.